The van der Waals surface area contributed by atoms with Crippen LogP contribution in [0.25, 0.3) is 0 Å². The average molecular weight is 258 g/mol. The largest absolute Gasteiger partial charge is 0.444 e. The third-order valence-electron chi connectivity index (χ3n) is 3.26. The molecule has 0 amide bonds. The lowest BCUT2D eigenvalue weighted by molar-refractivity contribution is 0.446. The summed E-state index contributed by atoms with van der Waals surface area (Å²) in [5, 5.41) is 3.37. The summed E-state index contributed by atoms with van der Waals surface area (Å²) >= 11 is 0. The molecular weight excluding hydrogens is 236 g/mol. The number of aryl methyl sites for hydroxylation is 3. The van der Waals surface area contributed by atoms with Crippen LogP contribution in [0.1, 0.15) is 35.7 Å². The number of hydrogen-bond acceptors (Lipinski definition) is 3. The van der Waals surface area contributed by atoms with Crippen molar-refractivity contribution in [1.82, 2.24) is 10.3 Å². The van der Waals surface area contributed by atoms with Gasteiger partial charge >= 0.3 is 0 Å². The zero-order valence-corrected chi connectivity index (χ0v) is 11.8. The number of benzene rings is 1. The second-order valence-electron chi connectivity index (χ2n) is 4.87. The molecule has 0 atom stereocenters. The van der Waals surface area contributed by atoms with E-state index >= 15 is 0 Å². The predicted octanol–water partition coefficient (Wildman–Crippen LogP) is 3.40. The number of unbranched alkanes of at least 4 members (excludes halogenated alkanes) is 1. The Labute approximate surface area is 115 Å². The molecule has 0 spiro atoms. The van der Waals surface area contributed by atoms with Crippen molar-refractivity contribution in [3.8, 4) is 0 Å². The summed E-state index contributed by atoms with van der Waals surface area (Å²) in [5.41, 5.74) is 2.40. The van der Waals surface area contributed by atoms with Crippen LogP contribution in [0.2, 0.25) is 0 Å². The minimum absolute atomic E-state index is 0.722. The van der Waals surface area contributed by atoms with Gasteiger partial charge in [0, 0.05) is 0 Å². The van der Waals surface area contributed by atoms with Crippen LogP contribution in [-0.2, 0) is 13.0 Å². The Balaban J connectivity index is 1.57. The van der Waals surface area contributed by atoms with Gasteiger partial charge in [-0.25, -0.2) is 4.98 Å². The first kappa shape index (κ1) is 13.8. The highest BCUT2D eigenvalue weighted by Crippen LogP contribution is 2.08. The quantitative estimate of drug-likeness (QED) is 0.773. The van der Waals surface area contributed by atoms with Gasteiger partial charge in [-0.15, -0.1) is 0 Å². The Bertz CT molecular complexity index is 471. The maximum Gasteiger partial charge on any atom is 0.208 e. The highest BCUT2D eigenvalue weighted by Gasteiger charge is 2.04. The molecule has 0 aliphatic heterocycles. The molecule has 102 valence electrons. The van der Waals surface area contributed by atoms with E-state index in [9.17, 15) is 0 Å². The molecule has 0 fully saturated rings. The van der Waals surface area contributed by atoms with Crippen molar-refractivity contribution in [2.24, 2.45) is 0 Å². The summed E-state index contributed by atoms with van der Waals surface area (Å²) in [6.45, 7) is 5.65. The fourth-order valence-electron chi connectivity index (χ4n) is 2.03. The Morgan fingerprint density at radius 2 is 1.89 bits per heavy atom. The Morgan fingerprint density at radius 1 is 1.11 bits per heavy atom. The Hall–Kier alpha value is -1.61. The van der Waals surface area contributed by atoms with Gasteiger partial charge in [-0.2, -0.15) is 0 Å². The minimum Gasteiger partial charge on any atom is -0.444 e. The van der Waals surface area contributed by atoms with E-state index in [1.165, 1.54) is 18.4 Å². The molecule has 19 heavy (non-hydrogen) atoms. The van der Waals surface area contributed by atoms with Crippen molar-refractivity contribution >= 4 is 0 Å². The van der Waals surface area contributed by atoms with Gasteiger partial charge < -0.3 is 9.73 Å². The van der Waals surface area contributed by atoms with Gasteiger partial charge in [-0.1, -0.05) is 30.3 Å². The van der Waals surface area contributed by atoms with Crippen molar-refractivity contribution in [3.63, 3.8) is 0 Å². The molecule has 0 radical (unpaired) electrons. The lowest BCUT2D eigenvalue weighted by atomic mass is 10.1. The van der Waals surface area contributed by atoms with Crippen LogP contribution >= 0.6 is 0 Å². The van der Waals surface area contributed by atoms with E-state index in [2.05, 4.69) is 40.6 Å². The number of aromatic nitrogens is 1. The monoisotopic (exact) mass is 258 g/mol. The first-order valence-electron chi connectivity index (χ1n) is 6.93. The minimum atomic E-state index is 0.722. The lowest BCUT2D eigenvalue weighted by Gasteiger charge is -2.03. The number of nitrogens with one attached hydrogen (secondary N) is 1. The normalized spacial score (nSPS) is 10.8. The van der Waals surface area contributed by atoms with Gasteiger partial charge in [-0.3, -0.25) is 0 Å². The van der Waals surface area contributed by atoms with Crippen molar-refractivity contribution < 1.29 is 4.42 Å². The summed E-state index contributed by atoms with van der Waals surface area (Å²) in [5.74, 6) is 1.71. The van der Waals surface area contributed by atoms with Gasteiger partial charge in [0.25, 0.3) is 0 Å². The zero-order chi connectivity index (χ0) is 13.5. The van der Waals surface area contributed by atoms with Gasteiger partial charge in [0.05, 0.1) is 12.2 Å². The second kappa shape index (κ2) is 7.10. The van der Waals surface area contributed by atoms with E-state index in [1.807, 2.05) is 13.8 Å². The molecular formula is C16H22N2O. The van der Waals surface area contributed by atoms with Crippen LogP contribution < -0.4 is 5.32 Å². The van der Waals surface area contributed by atoms with Gasteiger partial charge in [0.15, 0.2) is 0 Å². The van der Waals surface area contributed by atoms with E-state index < -0.39 is 0 Å². The Kier molecular flexibility index (Phi) is 5.16. The molecule has 0 aliphatic carbocycles. The maximum absolute atomic E-state index is 5.52. The van der Waals surface area contributed by atoms with Crippen LogP contribution in [-0.4, -0.2) is 11.5 Å². The number of rotatable bonds is 7. The van der Waals surface area contributed by atoms with Crippen LogP contribution in [0, 0.1) is 13.8 Å². The van der Waals surface area contributed by atoms with Crippen LogP contribution in [0.15, 0.2) is 34.7 Å². The Morgan fingerprint density at radius 3 is 2.58 bits per heavy atom. The molecule has 2 aromatic rings. The van der Waals surface area contributed by atoms with Crippen LogP contribution in [0.4, 0.5) is 0 Å². The molecule has 3 nitrogen and oxygen atoms in total. The molecule has 1 aromatic heterocycles. The van der Waals surface area contributed by atoms with Crippen molar-refractivity contribution in [2.45, 2.75) is 39.7 Å². The van der Waals surface area contributed by atoms with E-state index in [-0.39, 0.29) is 0 Å². The third-order valence-corrected chi connectivity index (χ3v) is 3.26. The molecule has 0 saturated heterocycles. The number of hydrogen-bond donors (Lipinski definition) is 1. The molecule has 0 saturated carbocycles. The van der Waals surface area contributed by atoms with E-state index in [0.29, 0.717) is 0 Å². The standard InChI is InChI=1S/C16H22N2O/c1-13-14(2)19-16(18-13)12-17-11-7-6-10-15-8-4-3-5-9-15/h3-5,8-9,17H,6-7,10-12H2,1-2H3. The summed E-state index contributed by atoms with van der Waals surface area (Å²) in [4.78, 5) is 4.35. The van der Waals surface area contributed by atoms with Crippen LogP contribution in [0.5, 0.6) is 0 Å². The molecule has 0 bridgehead atoms. The molecule has 1 N–H and O–H groups in total. The summed E-state index contributed by atoms with van der Waals surface area (Å²) < 4.78 is 5.52. The van der Waals surface area contributed by atoms with Crippen molar-refractivity contribution in [1.29, 1.82) is 0 Å². The molecule has 3 heteroatoms. The van der Waals surface area contributed by atoms with Gasteiger partial charge in [0.1, 0.15) is 5.76 Å². The van der Waals surface area contributed by atoms with Crippen molar-refractivity contribution in [2.75, 3.05) is 6.54 Å². The zero-order valence-electron chi connectivity index (χ0n) is 11.8. The highest BCUT2D eigenvalue weighted by atomic mass is 16.4. The third kappa shape index (κ3) is 4.52. The fraction of sp³-hybridized carbons (Fsp3) is 0.438. The molecule has 1 heterocycles. The SMILES string of the molecule is Cc1nc(CNCCCCc2ccccc2)oc1C. The first-order chi connectivity index (χ1) is 9.25. The predicted molar refractivity (Wildman–Crippen MR) is 77.1 cm³/mol. The summed E-state index contributed by atoms with van der Waals surface area (Å²) in [6.07, 6.45) is 3.54. The van der Waals surface area contributed by atoms with E-state index in [1.54, 1.807) is 0 Å². The summed E-state index contributed by atoms with van der Waals surface area (Å²) in [7, 11) is 0. The highest BCUT2D eigenvalue weighted by molar-refractivity contribution is 5.14. The number of nitrogens with zero attached hydrogens (tertiary/aromatic N) is 1. The average Bonchev–Trinajstić information content (AvgIpc) is 2.74. The molecule has 2 rings (SSSR count). The van der Waals surface area contributed by atoms with Gasteiger partial charge in [-0.05, 0) is 45.2 Å². The van der Waals surface area contributed by atoms with Crippen molar-refractivity contribution in [3.05, 3.63) is 53.2 Å². The maximum atomic E-state index is 5.52. The van der Waals surface area contributed by atoms with Crippen LogP contribution in [0.3, 0.4) is 0 Å². The second-order valence-corrected chi connectivity index (χ2v) is 4.87. The topological polar surface area (TPSA) is 38.1 Å². The number of oxazole rings is 1. The van der Waals surface area contributed by atoms with Gasteiger partial charge in [0.2, 0.25) is 5.89 Å². The molecule has 1 aromatic carbocycles. The molecule has 0 aliphatic rings. The smallest absolute Gasteiger partial charge is 0.208 e. The fourth-order valence-corrected chi connectivity index (χ4v) is 2.03. The van der Waals surface area contributed by atoms with E-state index in [4.69, 9.17) is 4.42 Å². The first-order valence-corrected chi connectivity index (χ1v) is 6.93. The lowest BCUT2D eigenvalue weighted by Crippen LogP contribution is -2.15. The van der Waals surface area contributed by atoms with E-state index in [0.717, 1.165) is 36.9 Å². The summed E-state index contributed by atoms with van der Waals surface area (Å²) in [6, 6.07) is 10.6. The molecule has 0 unspecified atom stereocenters.